The summed E-state index contributed by atoms with van der Waals surface area (Å²) in [6, 6.07) is 0. The number of hydrogen-bond donors (Lipinski definition) is 1. The van der Waals surface area contributed by atoms with Gasteiger partial charge in [0.25, 0.3) is 0 Å². The highest BCUT2D eigenvalue weighted by molar-refractivity contribution is 7.45. The molecule has 0 atom stereocenters. The van der Waals surface area contributed by atoms with E-state index in [1.807, 2.05) is 6.92 Å². The number of nitrogens with zero attached hydrogens (tertiary/aromatic N) is 1. The van der Waals surface area contributed by atoms with Crippen LogP contribution in [0.3, 0.4) is 0 Å². The summed E-state index contributed by atoms with van der Waals surface area (Å²) in [6.45, 7) is 2.24. The van der Waals surface area contributed by atoms with E-state index in [9.17, 15) is 19.0 Å². The Bertz CT molecular complexity index is 252. The third-order valence-electron chi connectivity index (χ3n) is 2.24. The van der Waals surface area contributed by atoms with Gasteiger partial charge in [-0.1, -0.05) is 13.3 Å². The van der Waals surface area contributed by atoms with Crippen LogP contribution in [-0.2, 0) is 13.9 Å². The number of rotatable bonds is 8. The maximum absolute atomic E-state index is 11.5. The summed E-state index contributed by atoms with van der Waals surface area (Å²) in [5.74, 6) is -0.0191. The third kappa shape index (κ3) is 5.64. The van der Waals surface area contributed by atoms with Crippen molar-refractivity contribution in [3.8, 4) is 0 Å². The van der Waals surface area contributed by atoms with Crippen molar-refractivity contribution in [1.82, 2.24) is 4.90 Å². The van der Waals surface area contributed by atoms with Crippen molar-refractivity contribution in [2.45, 2.75) is 37.7 Å². The van der Waals surface area contributed by atoms with Crippen LogP contribution in [-0.4, -0.2) is 34.6 Å². The van der Waals surface area contributed by atoms with Gasteiger partial charge in [-0.3, -0.25) is 13.9 Å². The Morgan fingerprint density at radius 2 is 1.94 bits per heavy atom. The topological polar surface area (TPSA) is 74.7 Å². The molecule has 0 saturated carbocycles. The van der Waals surface area contributed by atoms with Gasteiger partial charge in [-0.25, -0.2) is 0 Å². The number of aliphatic hydroxyl groups is 1. The zero-order valence-electron chi connectivity index (χ0n) is 9.55. The number of hydrogen-bond acceptors (Lipinski definition) is 4. The number of carbonyl (C=O) groups excluding carboxylic acids is 1. The van der Waals surface area contributed by atoms with Gasteiger partial charge in [0, 0.05) is 26.4 Å². The summed E-state index contributed by atoms with van der Waals surface area (Å²) in [5.41, 5.74) is 0. The number of carbonyl (C=O) groups is 1. The van der Waals surface area contributed by atoms with Gasteiger partial charge in [-0.15, -0.1) is 0 Å². The first-order chi connectivity index (χ1) is 7.49. The van der Waals surface area contributed by atoms with Crippen LogP contribution in [0.25, 0.3) is 0 Å². The normalized spacial score (nSPS) is 14.9. The lowest BCUT2D eigenvalue weighted by atomic mass is 10.2. The van der Waals surface area contributed by atoms with E-state index >= 15 is 0 Å². The van der Waals surface area contributed by atoms with Crippen LogP contribution >= 0.6 is 16.9 Å². The fourth-order valence-corrected chi connectivity index (χ4v) is 1.59. The second kappa shape index (κ2) is 7.83. The molecule has 1 amide bonds. The van der Waals surface area contributed by atoms with Crippen LogP contribution in [0.5, 0.6) is 0 Å². The second-order valence-corrected chi connectivity index (χ2v) is 5.82. The van der Waals surface area contributed by atoms with E-state index in [1.54, 1.807) is 7.05 Å². The first-order valence-electron chi connectivity index (χ1n) is 5.14. The lowest BCUT2D eigenvalue weighted by Gasteiger charge is -2.19. The van der Waals surface area contributed by atoms with E-state index in [2.05, 4.69) is 0 Å². The second-order valence-electron chi connectivity index (χ2n) is 3.63. The van der Waals surface area contributed by atoms with Gasteiger partial charge in [-0.05, 0) is 6.42 Å². The van der Waals surface area contributed by atoms with Crippen molar-refractivity contribution in [1.29, 1.82) is 0 Å². The Hall–Kier alpha value is -0.370. The molecule has 0 aromatic carbocycles. The number of unbranched alkanes of at least 4 members (excludes halogenated alkanes) is 1. The van der Waals surface area contributed by atoms with Crippen molar-refractivity contribution in [2.75, 3.05) is 13.6 Å². The molecule has 0 rings (SSSR count). The fraction of sp³-hybridized carbons (Fsp3) is 0.889. The third-order valence-corrected chi connectivity index (χ3v) is 3.77. The van der Waals surface area contributed by atoms with Gasteiger partial charge >= 0.3 is 0 Å². The zero-order valence-corrected chi connectivity index (χ0v) is 11.3. The SMILES string of the molecule is CCCCC(=O)N(C)CCC(O)(P=O)P=O. The number of amides is 1. The molecule has 0 radical (unpaired) electrons. The molecule has 0 aromatic heterocycles. The lowest BCUT2D eigenvalue weighted by Crippen LogP contribution is -2.30. The summed E-state index contributed by atoms with van der Waals surface area (Å²) in [6.07, 6.45) is 2.27. The van der Waals surface area contributed by atoms with E-state index in [1.165, 1.54) is 4.90 Å². The molecular formula is C9H17NO4P2. The first-order valence-corrected chi connectivity index (χ1v) is 6.77. The van der Waals surface area contributed by atoms with Gasteiger partial charge in [0.15, 0.2) is 0 Å². The molecule has 1 N–H and O–H groups in total. The van der Waals surface area contributed by atoms with E-state index < -0.39 is 22.0 Å². The minimum absolute atomic E-state index is 0.0191. The summed E-state index contributed by atoms with van der Waals surface area (Å²) in [7, 11) is 0.438. The van der Waals surface area contributed by atoms with Crippen LogP contribution in [0.4, 0.5) is 0 Å². The Kier molecular flexibility index (Phi) is 7.65. The predicted molar refractivity (Wildman–Crippen MR) is 61.9 cm³/mol. The van der Waals surface area contributed by atoms with Gasteiger partial charge < -0.3 is 10.0 Å². The quantitative estimate of drug-likeness (QED) is 0.683. The molecule has 0 heterocycles. The Balaban J connectivity index is 4.05. The zero-order chi connectivity index (χ0) is 12.6. The standard InChI is InChI=1S/C9H17NO4P2/c1-3-4-5-8(11)10(2)7-6-9(12,15-13)16-14/h12H,3-7H2,1-2H3. The molecule has 0 bridgehead atoms. The Labute approximate surface area is 98.6 Å². The smallest absolute Gasteiger partial charge is 0.226 e. The molecule has 16 heavy (non-hydrogen) atoms. The van der Waals surface area contributed by atoms with E-state index in [4.69, 9.17) is 0 Å². The summed E-state index contributed by atoms with van der Waals surface area (Å²) < 4.78 is 21.1. The summed E-state index contributed by atoms with van der Waals surface area (Å²) in [4.78, 5) is 12.9. The molecule has 0 unspecified atom stereocenters. The highest BCUT2D eigenvalue weighted by atomic mass is 31.1. The van der Waals surface area contributed by atoms with Crippen molar-refractivity contribution in [3.05, 3.63) is 0 Å². The molecule has 0 aromatic rings. The molecule has 7 heteroatoms. The maximum atomic E-state index is 11.5. The van der Waals surface area contributed by atoms with Crippen LogP contribution < -0.4 is 0 Å². The first kappa shape index (κ1) is 15.6. The van der Waals surface area contributed by atoms with Crippen molar-refractivity contribution >= 4 is 22.8 Å². The molecule has 0 fully saturated rings. The highest BCUT2D eigenvalue weighted by Gasteiger charge is 2.29. The largest absolute Gasteiger partial charge is 0.368 e. The molecule has 0 spiro atoms. The fourth-order valence-electron chi connectivity index (χ4n) is 1.07. The van der Waals surface area contributed by atoms with Crippen molar-refractivity contribution in [2.24, 2.45) is 0 Å². The predicted octanol–water partition coefficient (Wildman–Crippen LogP) is 2.25. The van der Waals surface area contributed by atoms with Crippen LogP contribution in [0.1, 0.15) is 32.6 Å². The molecule has 5 nitrogen and oxygen atoms in total. The van der Waals surface area contributed by atoms with Crippen LogP contribution in [0.2, 0.25) is 0 Å². The summed E-state index contributed by atoms with van der Waals surface area (Å²) >= 11 is 0. The monoisotopic (exact) mass is 265 g/mol. The lowest BCUT2D eigenvalue weighted by molar-refractivity contribution is -0.130. The molecule has 0 saturated heterocycles. The Morgan fingerprint density at radius 3 is 2.38 bits per heavy atom. The van der Waals surface area contributed by atoms with Crippen molar-refractivity contribution in [3.63, 3.8) is 0 Å². The molecule has 0 aliphatic heterocycles. The van der Waals surface area contributed by atoms with Gasteiger partial charge in [0.1, 0.15) is 0 Å². The maximum Gasteiger partial charge on any atom is 0.226 e. The minimum Gasteiger partial charge on any atom is -0.368 e. The summed E-state index contributed by atoms with van der Waals surface area (Å²) in [5, 5.41) is 7.68. The van der Waals surface area contributed by atoms with Gasteiger partial charge in [0.2, 0.25) is 27.9 Å². The molecule has 0 aliphatic rings. The average molecular weight is 265 g/mol. The van der Waals surface area contributed by atoms with E-state index in [-0.39, 0.29) is 18.9 Å². The molecule has 0 aliphatic carbocycles. The van der Waals surface area contributed by atoms with E-state index in [0.29, 0.717) is 6.42 Å². The van der Waals surface area contributed by atoms with Gasteiger partial charge in [-0.2, -0.15) is 0 Å². The highest BCUT2D eigenvalue weighted by Crippen LogP contribution is 2.34. The van der Waals surface area contributed by atoms with Gasteiger partial charge in [0.05, 0.1) is 0 Å². The Morgan fingerprint density at radius 1 is 1.38 bits per heavy atom. The van der Waals surface area contributed by atoms with Crippen molar-refractivity contribution < 1.29 is 19.0 Å². The van der Waals surface area contributed by atoms with E-state index in [0.717, 1.165) is 12.8 Å². The van der Waals surface area contributed by atoms with Crippen LogP contribution in [0, 0.1) is 0 Å². The molecular weight excluding hydrogens is 248 g/mol. The minimum atomic E-state index is -1.76. The van der Waals surface area contributed by atoms with Crippen LogP contribution in [0.15, 0.2) is 0 Å². The molecule has 92 valence electrons. The average Bonchev–Trinajstić information content (AvgIpc) is 2.32.